The van der Waals surface area contributed by atoms with Gasteiger partial charge in [-0.15, -0.1) is 0 Å². The van der Waals surface area contributed by atoms with Crippen molar-refractivity contribution in [3.63, 3.8) is 0 Å². The minimum Gasteiger partial charge on any atom is -0.481 e. The predicted octanol–water partition coefficient (Wildman–Crippen LogP) is 11.1. The summed E-state index contributed by atoms with van der Waals surface area (Å²) >= 11 is 0. The lowest BCUT2D eigenvalue weighted by molar-refractivity contribution is -0.192. The summed E-state index contributed by atoms with van der Waals surface area (Å²) in [6, 6.07) is 16.0. The number of aliphatic carboxylic acids is 2. The van der Waals surface area contributed by atoms with Crippen LogP contribution >= 0.6 is 0 Å². The lowest BCUT2D eigenvalue weighted by Gasteiger charge is -2.65. The number of benzene rings is 2. The zero-order valence-corrected chi connectivity index (χ0v) is 36.7. The first kappa shape index (κ1) is 43.9. The van der Waals surface area contributed by atoms with E-state index in [1.54, 1.807) is 0 Å². The van der Waals surface area contributed by atoms with Gasteiger partial charge < -0.3 is 19.7 Å². The highest BCUT2D eigenvalue weighted by Gasteiger charge is 2.66. The normalized spacial score (nSPS) is 31.8. The molecule has 58 heavy (non-hydrogen) atoms. The summed E-state index contributed by atoms with van der Waals surface area (Å²) in [7, 11) is 0. The first-order valence-corrected chi connectivity index (χ1v) is 22.1. The smallest absolute Gasteiger partial charge is 0.306 e. The van der Waals surface area contributed by atoms with Crippen molar-refractivity contribution in [2.24, 2.45) is 34.0 Å². The number of hydrogen-bond acceptors (Lipinski definition) is 6. The highest BCUT2D eigenvalue weighted by Crippen LogP contribution is 2.71. The van der Waals surface area contributed by atoms with Gasteiger partial charge in [0.05, 0.1) is 25.7 Å². The van der Waals surface area contributed by atoms with Crippen molar-refractivity contribution in [2.45, 2.75) is 181 Å². The zero-order valence-electron chi connectivity index (χ0n) is 36.7. The molecule has 4 fully saturated rings. The Morgan fingerprint density at radius 2 is 1.03 bits per heavy atom. The Morgan fingerprint density at radius 1 is 0.586 bits per heavy atom. The summed E-state index contributed by atoms with van der Waals surface area (Å²) in [5.41, 5.74) is 4.10. The quantitative estimate of drug-likeness (QED) is 0.203. The maximum Gasteiger partial charge on any atom is 0.306 e. The SMILES string of the molecule is CC(C)(C)c1ccc(C(CC(=O)O)CC(=O)O[C@H]2CC[C@@]3(C)[C@@H](CC[C@]4(C)[C@@H]3CC[C@@]3(C)[C@H]4CC[C@@H]3OC(=O)CC(CC(=O)O)c3ccc(C(C)(C)C)cc3)C2)cc1. The van der Waals surface area contributed by atoms with Crippen molar-refractivity contribution < 1.29 is 38.9 Å². The van der Waals surface area contributed by atoms with Crippen LogP contribution in [-0.4, -0.2) is 46.3 Å². The van der Waals surface area contributed by atoms with Crippen molar-refractivity contribution in [2.75, 3.05) is 0 Å². The van der Waals surface area contributed by atoms with Crippen molar-refractivity contribution in [3.8, 4) is 0 Å². The van der Waals surface area contributed by atoms with E-state index in [4.69, 9.17) is 9.47 Å². The molecule has 0 aliphatic heterocycles. The summed E-state index contributed by atoms with van der Waals surface area (Å²) in [6.07, 6.45) is 8.26. The lowest BCUT2D eigenvalue weighted by atomic mass is 9.40. The average molecular weight is 799 g/mol. The average Bonchev–Trinajstić information content (AvgIpc) is 3.46. The minimum atomic E-state index is -0.922. The fourth-order valence-corrected chi connectivity index (χ4v) is 12.5. The topological polar surface area (TPSA) is 127 Å². The number of esters is 2. The molecule has 0 saturated heterocycles. The molecule has 4 aliphatic rings. The molecule has 2 aromatic carbocycles. The second-order valence-electron chi connectivity index (χ2n) is 21.6. The first-order valence-electron chi connectivity index (χ1n) is 22.1. The van der Waals surface area contributed by atoms with Gasteiger partial charge in [0, 0.05) is 17.3 Å². The Balaban J connectivity index is 1.07. The molecule has 2 N–H and O–H groups in total. The second-order valence-corrected chi connectivity index (χ2v) is 21.6. The number of carbonyl (C=O) groups excluding carboxylic acids is 2. The zero-order chi connectivity index (χ0) is 42.4. The van der Waals surface area contributed by atoms with Crippen molar-refractivity contribution in [1.82, 2.24) is 0 Å². The van der Waals surface area contributed by atoms with Crippen LogP contribution in [-0.2, 0) is 39.5 Å². The van der Waals surface area contributed by atoms with Crippen LogP contribution in [0.15, 0.2) is 48.5 Å². The molecule has 2 unspecified atom stereocenters. The van der Waals surface area contributed by atoms with Crippen LogP contribution in [0, 0.1) is 34.0 Å². The predicted molar refractivity (Wildman–Crippen MR) is 226 cm³/mol. The maximum absolute atomic E-state index is 13.7. The maximum atomic E-state index is 13.7. The highest BCUT2D eigenvalue weighted by atomic mass is 16.5. The Morgan fingerprint density at radius 3 is 1.52 bits per heavy atom. The fourth-order valence-electron chi connectivity index (χ4n) is 12.5. The van der Waals surface area contributed by atoms with E-state index < -0.39 is 23.8 Å². The second kappa shape index (κ2) is 16.4. The standard InChI is InChI=1S/C50H70O8/c1-46(2,3)35-14-10-31(11-15-35)33(26-42(51)52)28-44(55)57-38-21-24-48(7)37(30-38)20-23-49(8)39-18-19-41(50(39,9)25-22-40(48)49)58-45(56)29-34(27-43(53)54)32-12-16-36(17-13-32)47(4,5)6/h10-17,33-34,37-41H,18-30H2,1-9H3,(H,51,52)(H,53,54)/t33?,34?,37-,38-,39-,40+,41-,48-,49-,50-/m0/s1. The van der Waals surface area contributed by atoms with E-state index in [1.807, 2.05) is 48.5 Å². The van der Waals surface area contributed by atoms with Gasteiger partial charge in [-0.25, -0.2) is 0 Å². The molecule has 0 radical (unpaired) electrons. The van der Waals surface area contributed by atoms with Gasteiger partial charge in [0.1, 0.15) is 12.2 Å². The molecule has 8 nitrogen and oxygen atoms in total. The van der Waals surface area contributed by atoms with E-state index >= 15 is 0 Å². The molecule has 2 aromatic rings. The number of carboxylic acid groups (broad SMARTS) is 2. The molecule has 4 aliphatic carbocycles. The molecule has 10 atom stereocenters. The molecule has 6 rings (SSSR count). The summed E-state index contributed by atoms with van der Waals surface area (Å²) in [5.74, 6) is -1.95. The van der Waals surface area contributed by atoms with Gasteiger partial charge >= 0.3 is 23.9 Å². The van der Waals surface area contributed by atoms with E-state index in [-0.39, 0.29) is 76.9 Å². The van der Waals surface area contributed by atoms with E-state index in [0.717, 1.165) is 74.5 Å². The van der Waals surface area contributed by atoms with Crippen LogP contribution in [0.4, 0.5) is 0 Å². The fraction of sp³-hybridized carbons (Fsp3) is 0.680. The largest absolute Gasteiger partial charge is 0.481 e. The number of ether oxygens (including phenoxy) is 2. The number of carbonyl (C=O) groups is 4. The first-order chi connectivity index (χ1) is 27.0. The van der Waals surface area contributed by atoms with E-state index in [1.165, 1.54) is 5.56 Å². The molecular weight excluding hydrogens is 729 g/mol. The molecule has 4 saturated carbocycles. The third kappa shape index (κ3) is 9.06. The Labute approximate surface area is 347 Å². The van der Waals surface area contributed by atoms with Crippen LogP contribution in [0.1, 0.15) is 180 Å². The molecular formula is C50H70O8. The minimum absolute atomic E-state index is 0.0198. The summed E-state index contributed by atoms with van der Waals surface area (Å²) < 4.78 is 12.6. The van der Waals surface area contributed by atoms with Crippen LogP contribution in [0.3, 0.4) is 0 Å². The van der Waals surface area contributed by atoms with Gasteiger partial charge in [-0.1, -0.05) is 111 Å². The summed E-state index contributed by atoms with van der Waals surface area (Å²) in [4.78, 5) is 50.8. The Kier molecular flexibility index (Phi) is 12.4. The monoisotopic (exact) mass is 799 g/mol. The van der Waals surface area contributed by atoms with E-state index in [2.05, 4.69) is 62.3 Å². The molecule has 0 heterocycles. The summed E-state index contributed by atoms with van der Waals surface area (Å²) in [5, 5.41) is 19.4. The third-order valence-electron chi connectivity index (χ3n) is 15.9. The number of fused-ring (bicyclic) bond motifs is 5. The van der Waals surface area contributed by atoms with Crippen LogP contribution in [0.5, 0.6) is 0 Å². The molecule has 0 aromatic heterocycles. The van der Waals surface area contributed by atoms with Crippen LogP contribution < -0.4 is 0 Å². The number of rotatable bonds is 12. The molecule has 318 valence electrons. The third-order valence-corrected chi connectivity index (χ3v) is 15.9. The lowest BCUT2D eigenvalue weighted by Crippen LogP contribution is -2.59. The van der Waals surface area contributed by atoms with Gasteiger partial charge in [0.25, 0.3) is 0 Å². The van der Waals surface area contributed by atoms with Gasteiger partial charge in [-0.2, -0.15) is 0 Å². The van der Waals surface area contributed by atoms with Crippen LogP contribution in [0.25, 0.3) is 0 Å². The number of hydrogen-bond donors (Lipinski definition) is 2. The van der Waals surface area contributed by atoms with Gasteiger partial charge in [-0.3, -0.25) is 19.2 Å². The Bertz CT molecular complexity index is 1820. The van der Waals surface area contributed by atoms with Crippen LogP contribution in [0.2, 0.25) is 0 Å². The van der Waals surface area contributed by atoms with Crippen molar-refractivity contribution in [3.05, 3.63) is 70.8 Å². The molecule has 0 spiro atoms. The Hall–Kier alpha value is -3.68. The summed E-state index contributed by atoms with van der Waals surface area (Å²) in [6.45, 7) is 20.2. The van der Waals surface area contributed by atoms with E-state index in [0.29, 0.717) is 17.8 Å². The van der Waals surface area contributed by atoms with Crippen molar-refractivity contribution in [1.29, 1.82) is 0 Å². The van der Waals surface area contributed by atoms with Crippen molar-refractivity contribution >= 4 is 23.9 Å². The molecule has 0 amide bonds. The molecule has 8 heteroatoms. The highest BCUT2D eigenvalue weighted by molar-refractivity contribution is 5.75. The molecule has 0 bridgehead atoms. The van der Waals surface area contributed by atoms with E-state index in [9.17, 15) is 29.4 Å². The van der Waals surface area contributed by atoms with Gasteiger partial charge in [0.15, 0.2) is 0 Å². The number of carboxylic acids is 2. The van der Waals surface area contributed by atoms with Gasteiger partial charge in [0.2, 0.25) is 0 Å². The van der Waals surface area contributed by atoms with Gasteiger partial charge in [-0.05, 0) is 119 Å².